The number of hydrogen-bond donors (Lipinski definition) is 1. The van der Waals surface area contributed by atoms with Crippen molar-refractivity contribution in [2.45, 2.75) is 6.92 Å². The SMILES string of the molecule is COCCOCCOCCOCCNc1cccc(C)c1. The van der Waals surface area contributed by atoms with Crippen molar-refractivity contribution < 1.29 is 18.9 Å². The smallest absolute Gasteiger partial charge is 0.0701 e. The molecular weight excluding hydrogens is 270 g/mol. The van der Waals surface area contributed by atoms with Gasteiger partial charge in [0.1, 0.15) is 0 Å². The Bertz CT molecular complexity index is 360. The molecule has 0 atom stereocenters. The highest BCUT2D eigenvalue weighted by Crippen LogP contribution is 2.08. The lowest BCUT2D eigenvalue weighted by Gasteiger charge is -2.08. The van der Waals surface area contributed by atoms with Gasteiger partial charge in [-0.15, -0.1) is 0 Å². The van der Waals surface area contributed by atoms with E-state index in [0.717, 1.165) is 12.2 Å². The molecule has 0 unspecified atom stereocenters. The topological polar surface area (TPSA) is 49.0 Å². The summed E-state index contributed by atoms with van der Waals surface area (Å²) in [6.45, 7) is 7.17. The lowest BCUT2D eigenvalue weighted by Crippen LogP contribution is -2.14. The second kappa shape index (κ2) is 12.6. The lowest BCUT2D eigenvalue weighted by molar-refractivity contribution is 0.00495. The van der Waals surface area contributed by atoms with Crippen LogP contribution in [-0.4, -0.2) is 59.9 Å². The lowest BCUT2D eigenvalue weighted by atomic mass is 10.2. The molecule has 21 heavy (non-hydrogen) atoms. The molecular formula is C16H27NO4. The molecule has 1 aromatic rings. The minimum atomic E-state index is 0.592. The second-order valence-electron chi connectivity index (χ2n) is 4.63. The highest BCUT2D eigenvalue weighted by atomic mass is 16.6. The van der Waals surface area contributed by atoms with E-state index in [1.165, 1.54) is 5.56 Å². The number of ether oxygens (including phenoxy) is 4. The van der Waals surface area contributed by atoms with Gasteiger partial charge in [-0.25, -0.2) is 0 Å². The number of anilines is 1. The Balaban J connectivity index is 1.82. The van der Waals surface area contributed by atoms with Crippen LogP contribution in [0.2, 0.25) is 0 Å². The molecule has 0 saturated heterocycles. The van der Waals surface area contributed by atoms with Crippen LogP contribution >= 0.6 is 0 Å². The average Bonchev–Trinajstić information content (AvgIpc) is 2.48. The molecule has 5 heteroatoms. The van der Waals surface area contributed by atoms with Crippen LogP contribution in [0.3, 0.4) is 0 Å². The molecule has 1 rings (SSSR count). The van der Waals surface area contributed by atoms with Crippen LogP contribution in [0.4, 0.5) is 5.69 Å². The van der Waals surface area contributed by atoms with Gasteiger partial charge in [0.15, 0.2) is 0 Å². The quantitative estimate of drug-likeness (QED) is 0.565. The summed E-state index contributed by atoms with van der Waals surface area (Å²) in [6, 6.07) is 8.30. The maximum atomic E-state index is 5.48. The van der Waals surface area contributed by atoms with Crippen LogP contribution in [0.15, 0.2) is 24.3 Å². The molecule has 0 aliphatic rings. The second-order valence-corrected chi connectivity index (χ2v) is 4.63. The Morgan fingerprint density at radius 1 is 0.857 bits per heavy atom. The zero-order chi connectivity index (χ0) is 15.2. The Kier molecular flexibility index (Phi) is 10.7. The normalized spacial score (nSPS) is 10.8. The predicted molar refractivity (Wildman–Crippen MR) is 84.0 cm³/mol. The largest absolute Gasteiger partial charge is 0.383 e. The molecule has 0 bridgehead atoms. The van der Waals surface area contributed by atoms with Crippen LogP contribution in [0.25, 0.3) is 0 Å². The van der Waals surface area contributed by atoms with Gasteiger partial charge in [0.05, 0.1) is 46.2 Å². The van der Waals surface area contributed by atoms with Crippen molar-refractivity contribution >= 4 is 5.69 Å². The summed E-state index contributed by atoms with van der Waals surface area (Å²) in [5.74, 6) is 0. The number of aryl methyl sites for hydroxylation is 1. The Morgan fingerprint density at radius 2 is 1.48 bits per heavy atom. The summed E-state index contributed by atoms with van der Waals surface area (Å²) in [6.07, 6.45) is 0. The van der Waals surface area contributed by atoms with Crippen LogP contribution in [-0.2, 0) is 18.9 Å². The molecule has 0 amide bonds. The monoisotopic (exact) mass is 297 g/mol. The molecule has 0 aliphatic carbocycles. The van der Waals surface area contributed by atoms with Crippen molar-refractivity contribution in [3.8, 4) is 0 Å². The number of hydrogen-bond acceptors (Lipinski definition) is 5. The molecule has 120 valence electrons. The maximum absolute atomic E-state index is 5.48. The summed E-state index contributed by atoms with van der Waals surface area (Å²) in [7, 11) is 1.66. The maximum Gasteiger partial charge on any atom is 0.0701 e. The molecule has 0 fully saturated rings. The van der Waals surface area contributed by atoms with Gasteiger partial charge in [-0.05, 0) is 24.6 Å². The number of rotatable bonds is 13. The minimum Gasteiger partial charge on any atom is -0.383 e. The Hall–Kier alpha value is -1.14. The standard InChI is InChI=1S/C16H27NO4/c1-15-4-3-5-16(14-15)17-6-7-19-10-11-21-13-12-20-9-8-18-2/h3-5,14,17H,6-13H2,1-2H3. The fourth-order valence-corrected chi connectivity index (χ4v) is 1.71. The molecule has 0 heterocycles. The van der Waals surface area contributed by atoms with Gasteiger partial charge < -0.3 is 24.3 Å². The van der Waals surface area contributed by atoms with E-state index in [-0.39, 0.29) is 0 Å². The van der Waals surface area contributed by atoms with E-state index in [2.05, 4.69) is 30.4 Å². The number of benzene rings is 1. The van der Waals surface area contributed by atoms with E-state index < -0.39 is 0 Å². The summed E-state index contributed by atoms with van der Waals surface area (Å²) < 4.78 is 21.0. The fourth-order valence-electron chi connectivity index (χ4n) is 1.71. The molecule has 0 spiro atoms. The predicted octanol–water partition coefficient (Wildman–Crippen LogP) is 2.10. The van der Waals surface area contributed by atoms with Gasteiger partial charge in [-0.1, -0.05) is 12.1 Å². The van der Waals surface area contributed by atoms with Crippen LogP contribution in [0.5, 0.6) is 0 Å². The summed E-state index contributed by atoms with van der Waals surface area (Å²) in [4.78, 5) is 0. The highest BCUT2D eigenvalue weighted by molar-refractivity contribution is 5.45. The van der Waals surface area contributed by atoms with E-state index in [9.17, 15) is 0 Å². The highest BCUT2D eigenvalue weighted by Gasteiger charge is 1.93. The average molecular weight is 297 g/mol. The van der Waals surface area contributed by atoms with Crippen LogP contribution in [0, 0.1) is 6.92 Å². The molecule has 1 aromatic carbocycles. The van der Waals surface area contributed by atoms with E-state index in [4.69, 9.17) is 18.9 Å². The van der Waals surface area contributed by atoms with Crippen molar-refractivity contribution in [1.29, 1.82) is 0 Å². The third-order valence-electron chi connectivity index (χ3n) is 2.77. The molecule has 0 aromatic heterocycles. The van der Waals surface area contributed by atoms with Crippen molar-refractivity contribution in [2.24, 2.45) is 0 Å². The van der Waals surface area contributed by atoms with Crippen molar-refractivity contribution in [3.63, 3.8) is 0 Å². The number of methoxy groups -OCH3 is 1. The van der Waals surface area contributed by atoms with Gasteiger partial charge in [0.25, 0.3) is 0 Å². The van der Waals surface area contributed by atoms with E-state index >= 15 is 0 Å². The Morgan fingerprint density at radius 3 is 2.10 bits per heavy atom. The number of nitrogens with one attached hydrogen (secondary N) is 1. The van der Waals surface area contributed by atoms with Crippen LogP contribution < -0.4 is 5.32 Å². The van der Waals surface area contributed by atoms with Crippen LogP contribution in [0.1, 0.15) is 5.56 Å². The first-order valence-electron chi connectivity index (χ1n) is 7.35. The molecule has 5 nitrogen and oxygen atoms in total. The van der Waals surface area contributed by atoms with Gasteiger partial charge in [0.2, 0.25) is 0 Å². The summed E-state index contributed by atoms with van der Waals surface area (Å²) >= 11 is 0. The van der Waals surface area contributed by atoms with Crippen molar-refractivity contribution in [3.05, 3.63) is 29.8 Å². The van der Waals surface area contributed by atoms with Crippen molar-refractivity contribution in [1.82, 2.24) is 0 Å². The minimum absolute atomic E-state index is 0.592. The van der Waals surface area contributed by atoms with E-state index in [0.29, 0.717) is 46.2 Å². The Labute approximate surface area is 127 Å². The first-order chi connectivity index (χ1) is 10.3. The molecule has 0 radical (unpaired) electrons. The molecule has 0 aliphatic heterocycles. The zero-order valence-electron chi connectivity index (χ0n) is 13.1. The van der Waals surface area contributed by atoms with E-state index in [1.54, 1.807) is 7.11 Å². The summed E-state index contributed by atoms with van der Waals surface area (Å²) in [5.41, 5.74) is 2.38. The third-order valence-corrected chi connectivity index (χ3v) is 2.77. The van der Waals surface area contributed by atoms with Crippen molar-refractivity contribution in [2.75, 3.05) is 65.2 Å². The van der Waals surface area contributed by atoms with Gasteiger partial charge in [-0.2, -0.15) is 0 Å². The van der Waals surface area contributed by atoms with Gasteiger partial charge in [0, 0.05) is 19.3 Å². The first kappa shape index (κ1) is 17.9. The van der Waals surface area contributed by atoms with E-state index in [1.807, 2.05) is 6.07 Å². The third kappa shape index (κ3) is 10.3. The molecule has 0 saturated carbocycles. The van der Waals surface area contributed by atoms with Gasteiger partial charge >= 0.3 is 0 Å². The zero-order valence-corrected chi connectivity index (χ0v) is 13.1. The first-order valence-corrected chi connectivity index (χ1v) is 7.35. The fraction of sp³-hybridized carbons (Fsp3) is 0.625. The van der Waals surface area contributed by atoms with Gasteiger partial charge in [-0.3, -0.25) is 0 Å². The molecule has 1 N–H and O–H groups in total. The summed E-state index contributed by atoms with van der Waals surface area (Å²) in [5, 5.41) is 3.32.